The number of carbonyl (C=O) groups excluding carboxylic acids is 1. The highest BCUT2D eigenvalue weighted by molar-refractivity contribution is 6.18. The number of likely N-dealkylation sites (tertiary alicyclic amines) is 1. The predicted molar refractivity (Wildman–Crippen MR) is 67.8 cm³/mol. The van der Waals surface area contributed by atoms with Crippen LogP contribution < -0.4 is 0 Å². The van der Waals surface area contributed by atoms with Gasteiger partial charge in [-0.1, -0.05) is 12.1 Å². The number of benzene rings is 1. The molecule has 1 atom stereocenters. The van der Waals surface area contributed by atoms with E-state index < -0.39 is 4.92 Å². The van der Waals surface area contributed by atoms with Crippen molar-refractivity contribution in [2.45, 2.75) is 6.42 Å². The maximum absolute atomic E-state index is 12.2. The molecular weight excluding hydrogens is 256 g/mol. The second-order valence-corrected chi connectivity index (χ2v) is 4.64. The molecule has 5 nitrogen and oxygen atoms in total. The number of hydrogen-bond donors (Lipinski definition) is 0. The van der Waals surface area contributed by atoms with E-state index in [0.717, 1.165) is 6.42 Å². The van der Waals surface area contributed by atoms with Crippen LogP contribution in [-0.4, -0.2) is 34.7 Å². The molecule has 0 aliphatic carbocycles. The summed E-state index contributed by atoms with van der Waals surface area (Å²) in [5.41, 5.74) is 0.00884. The van der Waals surface area contributed by atoms with Gasteiger partial charge < -0.3 is 4.90 Å². The van der Waals surface area contributed by atoms with Crippen molar-refractivity contribution in [3.63, 3.8) is 0 Å². The van der Waals surface area contributed by atoms with Crippen LogP contribution in [0.4, 0.5) is 5.69 Å². The Kier molecular flexibility index (Phi) is 3.81. The van der Waals surface area contributed by atoms with Crippen LogP contribution in [0.15, 0.2) is 24.3 Å². The Bertz CT molecular complexity index is 478. The van der Waals surface area contributed by atoms with Crippen molar-refractivity contribution in [1.29, 1.82) is 0 Å². The van der Waals surface area contributed by atoms with Crippen molar-refractivity contribution >= 4 is 23.2 Å². The van der Waals surface area contributed by atoms with Crippen LogP contribution >= 0.6 is 11.6 Å². The maximum atomic E-state index is 12.2. The van der Waals surface area contributed by atoms with Gasteiger partial charge in [-0.25, -0.2) is 0 Å². The van der Waals surface area contributed by atoms with Crippen LogP contribution in [-0.2, 0) is 0 Å². The topological polar surface area (TPSA) is 63.4 Å². The van der Waals surface area contributed by atoms with Gasteiger partial charge in [0, 0.05) is 25.0 Å². The number of nitro benzene ring substituents is 1. The highest BCUT2D eigenvalue weighted by Crippen LogP contribution is 2.24. The molecule has 1 fully saturated rings. The molecule has 0 bridgehead atoms. The van der Waals surface area contributed by atoms with Crippen LogP contribution in [0.2, 0.25) is 0 Å². The summed E-state index contributed by atoms with van der Waals surface area (Å²) in [7, 11) is 0. The Morgan fingerprint density at radius 2 is 2.22 bits per heavy atom. The minimum absolute atomic E-state index is 0.142. The molecule has 6 heteroatoms. The summed E-state index contributed by atoms with van der Waals surface area (Å²) >= 11 is 5.76. The lowest BCUT2D eigenvalue weighted by atomic mass is 10.1. The zero-order valence-electron chi connectivity index (χ0n) is 9.71. The van der Waals surface area contributed by atoms with Gasteiger partial charge in [0.05, 0.1) is 4.92 Å². The standard InChI is InChI=1S/C12H13ClN2O3/c13-7-9-5-6-14(8-9)12(16)10-3-1-2-4-11(10)15(17)18/h1-4,9H,5-8H2. The molecule has 1 aromatic rings. The first-order chi connectivity index (χ1) is 8.63. The molecule has 18 heavy (non-hydrogen) atoms. The second kappa shape index (κ2) is 5.35. The van der Waals surface area contributed by atoms with Gasteiger partial charge in [-0.15, -0.1) is 11.6 Å². The minimum Gasteiger partial charge on any atom is -0.338 e. The van der Waals surface area contributed by atoms with Crippen LogP contribution in [0.1, 0.15) is 16.8 Å². The summed E-state index contributed by atoms with van der Waals surface area (Å²) in [6.45, 7) is 1.19. The van der Waals surface area contributed by atoms with Crippen molar-refractivity contribution in [3.8, 4) is 0 Å². The SMILES string of the molecule is O=C(c1ccccc1[N+](=O)[O-])N1CCC(CCl)C1. The molecule has 1 unspecified atom stereocenters. The van der Waals surface area contributed by atoms with Crippen molar-refractivity contribution in [1.82, 2.24) is 4.90 Å². The fourth-order valence-corrected chi connectivity index (χ4v) is 2.38. The van der Waals surface area contributed by atoms with E-state index in [1.54, 1.807) is 17.0 Å². The first-order valence-corrected chi connectivity index (χ1v) is 6.25. The van der Waals surface area contributed by atoms with Crippen molar-refractivity contribution in [2.24, 2.45) is 5.92 Å². The molecule has 1 aliphatic heterocycles. The molecule has 1 aromatic carbocycles. The minimum atomic E-state index is -0.525. The summed E-state index contributed by atoms with van der Waals surface area (Å²) in [4.78, 5) is 24.2. The molecule has 1 aliphatic rings. The summed E-state index contributed by atoms with van der Waals surface area (Å²) in [5, 5.41) is 10.9. The average Bonchev–Trinajstić information content (AvgIpc) is 2.86. The fraction of sp³-hybridized carbons (Fsp3) is 0.417. The molecule has 0 spiro atoms. The molecule has 1 heterocycles. The van der Waals surface area contributed by atoms with Gasteiger partial charge >= 0.3 is 0 Å². The molecule has 0 N–H and O–H groups in total. The van der Waals surface area contributed by atoms with Crippen molar-refractivity contribution in [3.05, 3.63) is 39.9 Å². The molecular formula is C12H13ClN2O3. The lowest BCUT2D eigenvalue weighted by Gasteiger charge is -2.15. The van der Waals surface area contributed by atoms with Crippen LogP contribution in [0.5, 0.6) is 0 Å². The lowest BCUT2D eigenvalue weighted by Crippen LogP contribution is -2.29. The fourth-order valence-electron chi connectivity index (χ4n) is 2.13. The summed E-state index contributed by atoms with van der Waals surface area (Å²) in [6.07, 6.45) is 0.857. The van der Waals surface area contributed by atoms with E-state index >= 15 is 0 Å². The van der Waals surface area contributed by atoms with Gasteiger partial charge in [-0.05, 0) is 18.4 Å². The normalized spacial score (nSPS) is 18.9. The smallest absolute Gasteiger partial charge is 0.282 e. The van der Waals surface area contributed by atoms with Crippen molar-refractivity contribution < 1.29 is 9.72 Å². The van der Waals surface area contributed by atoms with Crippen LogP contribution in [0.25, 0.3) is 0 Å². The second-order valence-electron chi connectivity index (χ2n) is 4.33. The highest BCUT2D eigenvalue weighted by Gasteiger charge is 2.29. The molecule has 2 rings (SSSR count). The number of halogens is 1. The zero-order valence-corrected chi connectivity index (χ0v) is 10.5. The van der Waals surface area contributed by atoms with Gasteiger partial charge in [-0.2, -0.15) is 0 Å². The summed E-state index contributed by atoms with van der Waals surface area (Å²) in [5.74, 6) is 0.522. The Hall–Kier alpha value is -1.62. The molecule has 96 valence electrons. The lowest BCUT2D eigenvalue weighted by molar-refractivity contribution is -0.385. The zero-order chi connectivity index (χ0) is 13.1. The number of nitrogens with zero attached hydrogens (tertiary/aromatic N) is 2. The van der Waals surface area contributed by atoms with Crippen LogP contribution in [0, 0.1) is 16.0 Å². The summed E-state index contributed by atoms with van der Waals surface area (Å²) < 4.78 is 0. The highest BCUT2D eigenvalue weighted by atomic mass is 35.5. The Morgan fingerprint density at radius 3 is 2.83 bits per heavy atom. The third-order valence-electron chi connectivity index (χ3n) is 3.12. The van der Waals surface area contributed by atoms with E-state index in [1.807, 2.05) is 0 Å². The quantitative estimate of drug-likeness (QED) is 0.480. The Morgan fingerprint density at radius 1 is 1.50 bits per heavy atom. The largest absolute Gasteiger partial charge is 0.338 e. The first-order valence-electron chi connectivity index (χ1n) is 5.72. The third-order valence-corrected chi connectivity index (χ3v) is 3.56. The van der Waals surface area contributed by atoms with E-state index in [4.69, 9.17) is 11.6 Å². The third kappa shape index (κ3) is 2.46. The Balaban J connectivity index is 2.22. The van der Waals surface area contributed by atoms with Gasteiger partial charge in [0.15, 0.2) is 0 Å². The monoisotopic (exact) mass is 268 g/mol. The molecule has 1 saturated heterocycles. The predicted octanol–water partition coefficient (Wildman–Crippen LogP) is 2.30. The van der Waals surface area contributed by atoms with E-state index in [-0.39, 0.29) is 17.2 Å². The van der Waals surface area contributed by atoms with Gasteiger partial charge in [-0.3, -0.25) is 14.9 Å². The average molecular weight is 269 g/mol. The number of rotatable bonds is 3. The summed E-state index contributed by atoms with van der Waals surface area (Å²) in [6, 6.07) is 6.03. The van der Waals surface area contributed by atoms with E-state index in [1.165, 1.54) is 12.1 Å². The van der Waals surface area contributed by atoms with Crippen LogP contribution in [0.3, 0.4) is 0 Å². The number of carbonyl (C=O) groups is 1. The van der Waals surface area contributed by atoms with E-state index in [9.17, 15) is 14.9 Å². The molecule has 0 aromatic heterocycles. The number of para-hydroxylation sites is 1. The number of amides is 1. The first kappa shape index (κ1) is 12.8. The molecule has 1 amide bonds. The van der Waals surface area contributed by atoms with Crippen molar-refractivity contribution in [2.75, 3.05) is 19.0 Å². The van der Waals surface area contributed by atoms with Gasteiger partial charge in [0.2, 0.25) is 0 Å². The maximum Gasteiger partial charge on any atom is 0.282 e. The van der Waals surface area contributed by atoms with Gasteiger partial charge in [0.25, 0.3) is 11.6 Å². The molecule has 0 radical (unpaired) electrons. The van der Waals surface area contributed by atoms with E-state index in [0.29, 0.717) is 24.9 Å². The van der Waals surface area contributed by atoms with E-state index in [2.05, 4.69) is 0 Å². The number of alkyl halides is 1. The number of hydrogen-bond acceptors (Lipinski definition) is 3. The molecule has 0 saturated carbocycles. The Labute approximate surface area is 109 Å². The van der Waals surface area contributed by atoms with Gasteiger partial charge in [0.1, 0.15) is 5.56 Å². The number of nitro groups is 1.